The van der Waals surface area contributed by atoms with E-state index in [4.69, 9.17) is 11.6 Å². The first-order valence-electron chi connectivity index (χ1n) is 11.2. The van der Waals surface area contributed by atoms with E-state index in [1.54, 1.807) is 33.7 Å². The second kappa shape index (κ2) is 9.36. The maximum atomic E-state index is 13.3. The molecule has 0 atom stereocenters. The van der Waals surface area contributed by atoms with Crippen molar-refractivity contribution in [2.24, 2.45) is 0 Å². The van der Waals surface area contributed by atoms with Gasteiger partial charge in [-0.1, -0.05) is 41.9 Å². The van der Waals surface area contributed by atoms with Crippen molar-refractivity contribution in [3.8, 4) is 0 Å². The summed E-state index contributed by atoms with van der Waals surface area (Å²) >= 11 is 6.32. The number of fused-ring (bicyclic) bond motifs is 1. The SMILES string of the molecule is O=C(Cn1cc(S(=O)(=O)c2ccc(F)cc2)c2ccccc21)N1CCN(c2ccccc2Cl)CC1. The highest BCUT2D eigenvalue weighted by atomic mass is 35.5. The first-order valence-corrected chi connectivity index (χ1v) is 13.1. The van der Waals surface area contributed by atoms with E-state index in [1.165, 1.54) is 18.3 Å². The van der Waals surface area contributed by atoms with E-state index >= 15 is 0 Å². The molecule has 1 amide bonds. The van der Waals surface area contributed by atoms with Gasteiger partial charge in [0.05, 0.1) is 20.5 Å². The van der Waals surface area contributed by atoms with Crippen LogP contribution in [0.15, 0.2) is 88.8 Å². The third-order valence-electron chi connectivity index (χ3n) is 6.30. The number of sulfone groups is 1. The van der Waals surface area contributed by atoms with Crippen LogP contribution in [0.25, 0.3) is 10.9 Å². The van der Waals surface area contributed by atoms with Gasteiger partial charge >= 0.3 is 0 Å². The van der Waals surface area contributed by atoms with Gasteiger partial charge in [-0.05, 0) is 42.5 Å². The standard InChI is InChI=1S/C26H23ClFN3O3S/c27-22-6-2-4-8-24(22)29-13-15-30(16-14-29)26(32)18-31-17-25(21-5-1-3-7-23(21)31)35(33,34)20-11-9-19(28)10-12-20/h1-12,17H,13-16,18H2. The maximum Gasteiger partial charge on any atom is 0.242 e. The Labute approximate surface area is 208 Å². The number of hydrogen-bond donors (Lipinski definition) is 0. The second-order valence-corrected chi connectivity index (χ2v) is 10.7. The summed E-state index contributed by atoms with van der Waals surface area (Å²) in [5.74, 6) is -0.595. The molecule has 1 aromatic heterocycles. The molecule has 1 aliphatic rings. The molecule has 0 bridgehead atoms. The summed E-state index contributed by atoms with van der Waals surface area (Å²) in [5, 5.41) is 1.20. The van der Waals surface area contributed by atoms with Crippen molar-refractivity contribution in [1.82, 2.24) is 9.47 Å². The van der Waals surface area contributed by atoms with Crippen molar-refractivity contribution in [1.29, 1.82) is 0 Å². The molecule has 0 radical (unpaired) electrons. The van der Waals surface area contributed by atoms with E-state index in [9.17, 15) is 17.6 Å². The zero-order valence-electron chi connectivity index (χ0n) is 18.8. The van der Waals surface area contributed by atoms with Crippen LogP contribution < -0.4 is 4.90 Å². The molecule has 1 aliphatic heterocycles. The number of aromatic nitrogens is 1. The molecule has 0 N–H and O–H groups in total. The Kier molecular flexibility index (Phi) is 6.25. The van der Waals surface area contributed by atoms with Crippen molar-refractivity contribution in [3.05, 3.63) is 89.8 Å². The second-order valence-electron chi connectivity index (χ2n) is 8.42. The topological polar surface area (TPSA) is 62.6 Å². The van der Waals surface area contributed by atoms with Crippen LogP contribution in [0.2, 0.25) is 5.02 Å². The zero-order valence-corrected chi connectivity index (χ0v) is 20.3. The fourth-order valence-electron chi connectivity index (χ4n) is 4.45. The Hall–Kier alpha value is -3.36. The van der Waals surface area contributed by atoms with Crippen molar-refractivity contribution in [2.45, 2.75) is 16.3 Å². The van der Waals surface area contributed by atoms with Gasteiger partial charge in [0.25, 0.3) is 0 Å². The van der Waals surface area contributed by atoms with Crippen molar-refractivity contribution in [3.63, 3.8) is 0 Å². The number of hydrogen-bond acceptors (Lipinski definition) is 4. The lowest BCUT2D eigenvalue weighted by molar-refractivity contribution is -0.132. The third kappa shape index (κ3) is 4.51. The fraction of sp³-hybridized carbons (Fsp3) is 0.192. The number of halogens is 2. The van der Waals surface area contributed by atoms with Crippen molar-refractivity contribution in [2.75, 3.05) is 31.1 Å². The predicted molar refractivity (Wildman–Crippen MR) is 134 cm³/mol. The third-order valence-corrected chi connectivity index (χ3v) is 8.41. The zero-order chi connectivity index (χ0) is 24.6. The molecular formula is C26H23ClFN3O3S. The smallest absolute Gasteiger partial charge is 0.242 e. The summed E-state index contributed by atoms with van der Waals surface area (Å²) in [5.41, 5.74) is 1.60. The molecule has 0 aliphatic carbocycles. The van der Waals surface area contributed by atoms with Gasteiger partial charge in [-0.15, -0.1) is 0 Å². The summed E-state index contributed by atoms with van der Waals surface area (Å²) in [4.78, 5) is 17.2. The molecule has 6 nitrogen and oxygen atoms in total. The van der Waals surface area contributed by atoms with Gasteiger partial charge in [-0.25, -0.2) is 12.8 Å². The number of carbonyl (C=O) groups is 1. The van der Waals surface area contributed by atoms with E-state index in [0.717, 1.165) is 17.8 Å². The lowest BCUT2D eigenvalue weighted by atomic mass is 10.2. The molecule has 1 fully saturated rings. The highest BCUT2D eigenvalue weighted by Gasteiger charge is 2.26. The summed E-state index contributed by atoms with van der Waals surface area (Å²) in [6.07, 6.45) is 1.50. The molecule has 180 valence electrons. The highest BCUT2D eigenvalue weighted by Crippen LogP contribution is 2.31. The molecule has 3 aromatic carbocycles. The molecule has 5 rings (SSSR count). The molecule has 1 saturated heterocycles. The summed E-state index contributed by atoms with van der Waals surface area (Å²) in [6.45, 7) is 2.43. The number of rotatable bonds is 5. The van der Waals surface area contributed by atoms with E-state index in [2.05, 4.69) is 4.90 Å². The number of benzene rings is 3. The minimum atomic E-state index is -3.90. The molecule has 35 heavy (non-hydrogen) atoms. The molecule has 4 aromatic rings. The summed E-state index contributed by atoms with van der Waals surface area (Å²) in [7, 11) is -3.90. The number of para-hydroxylation sites is 2. The average Bonchev–Trinajstić information content (AvgIpc) is 3.24. The summed E-state index contributed by atoms with van der Waals surface area (Å²) < 4.78 is 41.6. The van der Waals surface area contributed by atoms with E-state index in [0.29, 0.717) is 42.1 Å². The fourth-order valence-corrected chi connectivity index (χ4v) is 6.18. The number of amides is 1. The number of piperazine rings is 1. The molecule has 0 spiro atoms. The van der Waals surface area contributed by atoms with Gasteiger partial charge in [0.1, 0.15) is 12.4 Å². The molecule has 0 unspecified atom stereocenters. The van der Waals surface area contributed by atoms with Crippen LogP contribution in [0, 0.1) is 5.82 Å². The maximum absolute atomic E-state index is 13.3. The minimum absolute atomic E-state index is 0.00354. The quantitative estimate of drug-likeness (QED) is 0.367. The van der Waals surface area contributed by atoms with Crippen LogP contribution in [-0.4, -0.2) is 50.0 Å². The Morgan fingerprint density at radius 3 is 2.26 bits per heavy atom. The lowest BCUT2D eigenvalue weighted by Gasteiger charge is -2.36. The number of anilines is 1. The molecule has 2 heterocycles. The highest BCUT2D eigenvalue weighted by molar-refractivity contribution is 7.91. The number of carbonyl (C=O) groups excluding carboxylic acids is 1. The predicted octanol–water partition coefficient (Wildman–Crippen LogP) is 4.62. The first-order chi connectivity index (χ1) is 16.8. The van der Waals surface area contributed by atoms with E-state index in [-0.39, 0.29) is 22.2 Å². The van der Waals surface area contributed by atoms with Gasteiger partial charge < -0.3 is 14.4 Å². The molecule has 0 saturated carbocycles. The Bertz CT molecular complexity index is 1490. The van der Waals surface area contributed by atoms with Gasteiger partial charge in [-0.2, -0.15) is 0 Å². The van der Waals surface area contributed by atoms with Crippen molar-refractivity contribution < 1.29 is 17.6 Å². The van der Waals surface area contributed by atoms with Crippen LogP contribution in [0.5, 0.6) is 0 Å². The van der Waals surface area contributed by atoms with Crippen molar-refractivity contribution >= 4 is 43.9 Å². The molecular weight excluding hydrogens is 489 g/mol. The monoisotopic (exact) mass is 511 g/mol. The summed E-state index contributed by atoms with van der Waals surface area (Å²) in [6, 6.07) is 19.5. The van der Waals surface area contributed by atoms with Gasteiger partial charge in [0, 0.05) is 43.3 Å². The average molecular weight is 512 g/mol. The van der Waals surface area contributed by atoms with Crippen LogP contribution in [0.1, 0.15) is 0 Å². The van der Waals surface area contributed by atoms with Crippen LogP contribution in [-0.2, 0) is 21.2 Å². The molecule has 9 heteroatoms. The van der Waals surface area contributed by atoms with Gasteiger partial charge in [-0.3, -0.25) is 4.79 Å². The Balaban J connectivity index is 1.37. The first kappa shape index (κ1) is 23.4. The number of nitrogens with zero attached hydrogens (tertiary/aromatic N) is 3. The lowest BCUT2D eigenvalue weighted by Crippen LogP contribution is -2.49. The minimum Gasteiger partial charge on any atom is -0.367 e. The van der Waals surface area contributed by atoms with E-state index < -0.39 is 15.7 Å². The van der Waals surface area contributed by atoms with Crippen LogP contribution in [0.4, 0.5) is 10.1 Å². The Morgan fingerprint density at radius 2 is 1.54 bits per heavy atom. The van der Waals surface area contributed by atoms with Gasteiger partial charge in [0.15, 0.2) is 0 Å². The largest absolute Gasteiger partial charge is 0.367 e. The van der Waals surface area contributed by atoms with E-state index in [1.807, 2.05) is 24.3 Å². The van der Waals surface area contributed by atoms with Crippen LogP contribution in [0.3, 0.4) is 0 Å². The van der Waals surface area contributed by atoms with Crippen LogP contribution >= 0.6 is 11.6 Å². The Morgan fingerprint density at radius 1 is 0.886 bits per heavy atom. The normalized spacial score (nSPS) is 14.5. The van der Waals surface area contributed by atoms with Gasteiger partial charge in [0.2, 0.25) is 15.7 Å².